The molecular formula is C24H32N4O4. The van der Waals surface area contributed by atoms with Crippen molar-refractivity contribution in [2.45, 2.75) is 46.0 Å². The fourth-order valence-corrected chi connectivity index (χ4v) is 4.22. The van der Waals surface area contributed by atoms with Crippen molar-refractivity contribution in [3.63, 3.8) is 0 Å². The van der Waals surface area contributed by atoms with E-state index in [1.54, 1.807) is 25.3 Å². The lowest BCUT2D eigenvalue weighted by molar-refractivity contribution is -0.120. The van der Waals surface area contributed by atoms with Crippen LogP contribution in [0.15, 0.2) is 18.2 Å². The van der Waals surface area contributed by atoms with Crippen LogP contribution in [0.4, 0.5) is 0 Å². The zero-order valence-electron chi connectivity index (χ0n) is 19.5. The minimum Gasteiger partial charge on any atom is -0.493 e. The second kappa shape index (κ2) is 10.4. The first-order valence-electron chi connectivity index (χ1n) is 11.0. The summed E-state index contributed by atoms with van der Waals surface area (Å²) in [6, 6.07) is 5.32. The maximum Gasteiger partial charge on any atom is 0.257 e. The first kappa shape index (κ1) is 23.5. The summed E-state index contributed by atoms with van der Waals surface area (Å²) in [6.07, 6.45) is 2.05. The number of amides is 2. The Balaban J connectivity index is 1.81. The molecule has 1 fully saturated rings. The number of ether oxygens (including phenoxy) is 2. The van der Waals surface area contributed by atoms with Gasteiger partial charge >= 0.3 is 0 Å². The van der Waals surface area contributed by atoms with Gasteiger partial charge in [0, 0.05) is 42.5 Å². The highest BCUT2D eigenvalue weighted by Gasteiger charge is 2.30. The number of nitrogens with zero attached hydrogens (tertiary/aromatic N) is 3. The molecule has 1 aromatic carbocycles. The molecule has 0 bridgehead atoms. The van der Waals surface area contributed by atoms with Crippen LogP contribution >= 0.6 is 0 Å². The maximum atomic E-state index is 13.3. The highest BCUT2D eigenvalue weighted by Crippen LogP contribution is 2.33. The number of piperidine rings is 1. The standard InChI is InChI=1S/C24H32N4O4/c1-6-25-21(29)13-19-15(2)26-23(27-16(19)3)17-9-8-12-28(14-17)24(30)18-10-7-11-20(31-4)22(18)32-5/h7,10-11,17H,6,8-9,12-14H2,1-5H3,(H,25,29)/t17-/m0/s1. The Labute approximate surface area is 189 Å². The molecule has 3 rings (SSSR count). The Morgan fingerprint density at radius 3 is 2.50 bits per heavy atom. The largest absolute Gasteiger partial charge is 0.493 e. The van der Waals surface area contributed by atoms with Crippen LogP contribution in [0.3, 0.4) is 0 Å². The Kier molecular flexibility index (Phi) is 7.66. The number of aryl methyl sites for hydroxylation is 2. The van der Waals surface area contributed by atoms with Crippen LogP contribution in [-0.2, 0) is 11.2 Å². The molecular weight excluding hydrogens is 408 g/mol. The van der Waals surface area contributed by atoms with Gasteiger partial charge in [0.2, 0.25) is 5.91 Å². The van der Waals surface area contributed by atoms with E-state index >= 15 is 0 Å². The first-order chi connectivity index (χ1) is 15.4. The van der Waals surface area contributed by atoms with Crippen molar-refractivity contribution in [3.05, 3.63) is 46.5 Å². The van der Waals surface area contributed by atoms with Crippen LogP contribution in [0.1, 0.15) is 58.8 Å². The summed E-state index contributed by atoms with van der Waals surface area (Å²) in [5.74, 6) is 1.63. The topological polar surface area (TPSA) is 93.7 Å². The van der Waals surface area contributed by atoms with E-state index < -0.39 is 0 Å². The average molecular weight is 441 g/mol. The number of likely N-dealkylation sites (N-methyl/N-ethyl adjacent to an activating group) is 1. The molecule has 8 heteroatoms. The summed E-state index contributed by atoms with van der Waals surface area (Å²) in [7, 11) is 3.09. The third kappa shape index (κ3) is 5.00. The highest BCUT2D eigenvalue weighted by molar-refractivity contribution is 5.98. The van der Waals surface area contributed by atoms with Gasteiger partial charge in [-0.1, -0.05) is 6.07 Å². The number of rotatable bonds is 7. The summed E-state index contributed by atoms with van der Waals surface area (Å²) in [6.45, 7) is 7.53. The highest BCUT2D eigenvalue weighted by atomic mass is 16.5. The molecule has 1 aromatic heterocycles. The van der Waals surface area contributed by atoms with Gasteiger partial charge in [0.1, 0.15) is 5.82 Å². The Hall–Kier alpha value is -3.16. The summed E-state index contributed by atoms with van der Waals surface area (Å²) in [4.78, 5) is 36.6. The van der Waals surface area contributed by atoms with Crippen molar-refractivity contribution < 1.29 is 19.1 Å². The molecule has 172 valence electrons. The molecule has 1 aliphatic heterocycles. The van der Waals surface area contributed by atoms with Crippen molar-refractivity contribution >= 4 is 11.8 Å². The summed E-state index contributed by atoms with van der Waals surface area (Å²) in [5, 5.41) is 2.82. The zero-order chi connectivity index (χ0) is 23.3. The normalized spacial score (nSPS) is 15.9. The molecule has 32 heavy (non-hydrogen) atoms. The third-order valence-electron chi connectivity index (χ3n) is 5.86. The Bertz CT molecular complexity index is 969. The van der Waals surface area contributed by atoms with Crippen molar-refractivity contribution in [1.82, 2.24) is 20.2 Å². The Morgan fingerprint density at radius 2 is 1.88 bits per heavy atom. The van der Waals surface area contributed by atoms with E-state index in [9.17, 15) is 9.59 Å². The summed E-state index contributed by atoms with van der Waals surface area (Å²) >= 11 is 0. The molecule has 8 nitrogen and oxygen atoms in total. The number of likely N-dealkylation sites (tertiary alicyclic amines) is 1. The molecule has 0 aliphatic carbocycles. The number of carbonyl (C=O) groups is 2. The van der Waals surface area contributed by atoms with Crippen molar-refractivity contribution in [3.8, 4) is 11.5 Å². The van der Waals surface area contributed by atoms with Gasteiger partial charge in [-0.25, -0.2) is 9.97 Å². The van der Waals surface area contributed by atoms with Crippen LogP contribution in [0.5, 0.6) is 11.5 Å². The molecule has 1 saturated heterocycles. The summed E-state index contributed by atoms with van der Waals surface area (Å²) in [5.41, 5.74) is 2.98. The number of hydrogen-bond acceptors (Lipinski definition) is 6. The monoisotopic (exact) mass is 440 g/mol. The van der Waals surface area contributed by atoms with Crippen LogP contribution in [0.25, 0.3) is 0 Å². The molecule has 2 amide bonds. The van der Waals surface area contributed by atoms with Crippen molar-refractivity contribution in [1.29, 1.82) is 0 Å². The van der Waals surface area contributed by atoms with Crippen LogP contribution < -0.4 is 14.8 Å². The minimum atomic E-state index is -0.0910. The predicted octanol–water partition coefficient (Wildman–Crippen LogP) is 2.81. The van der Waals surface area contributed by atoms with Gasteiger partial charge in [0.05, 0.1) is 26.2 Å². The molecule has 2 heterocycles. The number of hydrogen-bond donors (Lipinski definition) is 1. The SMILES string of the molecule is CCNC(=O)Cc1c(C)nc([C@H]2CCCN(C(=O)c3cccc(OC)c3OC)C2)nc1C. The van der Waals surface area contributed by atoms with E-state index in [-0.39, 0.29) is 24.2 Å². The third-order valence-corrected chi connectivity index (χ3v) is 5.86. The fourth-order valence-electron chi connectivity index (χ4n) is 4.22. The molecule has 1 atom stereocenters. The molecule has 0 radical (unpaired) electrons. The number of aromatic nitrogens is 2. The fraction of sp³-hybridized carbons (Fsp3) is 0.500. The minimum absolute atomic E-state index is 0.0308. The van der Waals surface area contributed by atoms with Gasteiger partial charge in [-0.2, -0.15) is 0 Å². The molecule has 1 aliphatic rings. The predicted molar refractivity (Wildman–Crippen MR) is 121 cm³/mol. The number of carbonyl (C=O) groups excluding carboxylic acids is 2. The van der Waals surface area contributed by atoms with E-state index in [1.165, 1.54) is 7.11 Å². The van der Waals surface area contributed by atoms with Crippen LogP contribution in [-0.4, -0.2) is 60.5 Å². The van der Waals surface area contributed by atoms with Gasteiger partial charge < -0.3 is 19.7 Å². The molecule has 0 saturated carbocycles. The molecule has 0 unspecified atom stereocenters. The van der Waals surface area contributed by atoms with Gasteiger partial charge in [-0.05, 0) is 45.7 Å². The lowest BCUT2D eigenvalue weighted by Gasteiger charge is -2.32. The van der Waals surface area contributed by atoms with Gasteiger partial charge in [0.25, 0.3) is 5.91 Å². The van der Waals surface area contributed by atoms with Gasteiger partial charge in [-0.3, -0.25) is 9.59 Å². The maximum absolute atomic E-state index is 13.3. The van der Waals surface area contributed by atoms with E-state index in [0.717, 1.165) is 35.6 Å². The van der Waals surface area contributed by atoms with E-state index in [2.05, 4.69) is 5.32 Å². The second-order valence-electron chi connectivity index (χ2n) is 7.99. The number of para-hydroxylation sites is 1. The lowest BCUT2D eigenvalue weighted by atomic mass is 9.95. The van der Waals surface area contributed by atoms with Gasteiger partial charge in [0.15, 0.2) is 11.5 Å². The van der Waals surface area contributed by atoms with E-state index in [4.69, 9.17) is 19.4 Å². The molecule has 2 aromatic rings. The lowest BCUT2D eigenvalue weighted by Crippen LogP contribution is -2.39. The number of benzene rings is 1. The van der Waals surface area contributed by atoms with Crippen LogP contribution in [0, 0.1) is 13.8 Å². The first-order valence-corrected chi connectivity index (χ1v) is 11.0. The van der Waals surface area contributed by atoms with Crippen LogP contribution in [0.2, 0.25) is 0 Å². The van der Waals surface area contributed by atoms with E-state index in [0.29, 0.717) is 36.7 Å². The molecule has 1 N–H and O–H groups in total. The number of nitrogens with one attached hydrogen (secondary N) is 1. The number of methoxy groups -OCH3 is 2. The van der Waals surface area contributed by atoms with Crippen molar-refractivity contribution in [2.24, 2.45) is 0 Å². The quantitative estimate of drug-likeness (QED) is 0.712. The zero-order valence-corrected chi connectivity index (χ0v) is 19.5. The average Bonchev–Trinajstić information content (AvgIpc) is 2.80. The summed E-state index contributed by atoms with van der Waals surface area (Å²) < 4.78 is 10.8. The smallest absolute Gasteiger partial charge is 0.257 e. The Morgan fingerprint density at radius 1 is 1.16 bits per heavy atom. The van der Waals surface area contributed by atoms with E-state index in [1.807, 2.05) is 25.7 Å². The van der Waals surface area contributed by atoms with Crippen molar-refractivity contribution in [2.75, 3.05) is 33.9 Å². The second-order valence-corrected chi connectivity index (χ2v) is 7.99. The van der Waals surface area contributed by atoms with Gasteiger partial charge in [-0.15, -0.1) is 0 Å². The molecule has 0 spiro atoms.